The van der Waals surface area contributed by atoms with Crippen molar-refractivity contribution in [3.05, 3.63) is 16.6 Å². The molecule has 0 amide bonds. The van der Waals surface area contributed by atoms with Gasteiger partial charge in [-0.2, -0.15) is 0 Å². The predicted molar refractivity (Wildman–Crippen MR) is 55.4 cm³/mol. The molecule has 0 aromatic carbocycles. The summed E-state index contributed by atoms with van der Waals surface area (Å²) in [7, 11) is 0. The van der Waals surface area contributed by atoms with E-state index >= 15 is 0 Å². The normalized spacial score (nSPS) is 29.3. The summed E-state index contributed by atoms with van der Waals surface area (Å²) in [6.07, 6.45) is 3.93. The summed E-state index contributed by atoms with van der Waals surface area (Å²) in [6.45, 7) is 2.75. The Labute approximate surface area is 87.7 Å². The van der Waals surface area contributed by atoms with Gasteiger partial charge in [0.05, 0.1) is 16.7 Å². The Bertz CT molecular complexity index is 280. The van der Waals surface area contributed by atoms with Crippen LogP contribution >= 0.6 is 11.3 Å². The van der Waals surface area contributed by atoms with Crippen molar-refractivity contribution < 1.29 is 9.84 Å². The molecule has 2 unspecified atom stereocenters. The fraction of sp³-hybridized carbons (Fsp3) is 0.700. The summed E-state index contributed by atoms with van der Waals surface area (Å²) in [5.74, 6) is 0. The highest BCUT2D eigenvalue weighted by Gasteiger charge is 2.37. The van der Waals surface area contributed by atoms with Gasteiger partial charge in [0.2, 0.25) is 0 Å². The summed E-state index contributed by atoms with van der Waals surface area (Å²) in [6, 6.07) is 0. The minimum atomic E-state index is -0.434. The van der Waals surface area contributed by atoms with Crippen molar-refractivity contribution in [3.63, 3.8) is 0 Å². The van der Waals surface area contributed by atoms with Gasteiger partial charge >= 0.3 is 0 Å². The van der Waals surface area contributed by atoms with E-state index in [2.05, 4.69) is 4.98 Å². The third kappa shape index (κ3) is 1.97. The number of hydrogen-bond acceptors (Lipinski definition) is 4. The number of hydrogen-bond donors (Lipinski definition) is 1. The fourth-order valence-corrected chi connectivity index (χ4v) is 2.45. The second kappa shape index (κ2) is 3.96. The molecule has 1 N–H and O–H groups in total. The average Bonchev–Trinajstić information content (AvgIpc) is 2.76. The van der Waals surface area contributed by atoms with Crippen molar-refractivity contribution in [3.8, 4) is 0 Å². The number of nitrogens with zero attached hydrogens (tertiary/aromatic N) is 1. The Morgan fingerprint density at radius 1 is 1.79 bits per heavy atom. The van der Waals surface area contributed by atoms with E-state index in [-0.39, 0.29) is 5.60 Å². The highest BCUT2D eigenvalue weighted by atomic mass is 32.1. The molecule has 3 nitrogen and oxygen atoms in total. The van der Waals surface area contributed by atoms with Crippen molar-refractivity contribution in [2.24, 2.45) is 0 Å². The van der Waals surface area contributed by atoms with Gasteiger partial charge in [-0.25, -0.2) is 4.98 Å². The highest BCUT2D eigenvalue weighted by molar-refractivity contribution is 7.09. The molecule has 2 rings (SSSR count). The van der Waals surface area contributed by atoms with E-state index in [1.54, 1.807) is 17.5 Å². The third-order valence-electron chi connectivity index (χ3n) is 2.81. The van der Waals surface area contributed by atoms with Gasteiger partial charge in [0.25, 0.3) is 0 Å². The lowest BCUT2D eigenvalue weighted by Gasteiger charge is -2.28. The molecule has 14 heavy (non-hydrogen) atoms. The molecule has 1 fully saturated rings. The van der Waals surface area contributed by atoms with Gasteiger partial charge in [-0.15, -0.1) is 11.3 Å². The van der Waals surface area contributed by atoms with Crippen LogP contribution in [0.3, 0.4) is 0 Å². The summed E-state index contributed by atoms with van der Waals surface area (Å²) < 4.78 is 5.58. The lowest BCUT2D eigenvalue weighted by Crippen LogP contribution is -2.39. The molecule has 78 valence electrons. The molecule has 1 aromatic heterocycles. The molecule has 1 saturated heterocycles. The van der Waals surface area contributed by atoms with Gasteiger partial charge in [0.15, 0.2) is 0 Å². The maximum absolute atomic E-state index is 10.0. The lowest BCUT2D eigenvalue weighted by atomic mass is 9.93. The quantitative estimate of drug-likeness (QED) is 0.829. The first-order chi connectivity index (χ1) is 6.71. The van der Waals surface area contributed by atoms with Crippen LogP contribution in [0.4, 0.5) is 0 Å². The molecule has 1 aromatic rings. The fourth-order valence-electron chi connectivity index (χ4n) is 1.80. The number of ether oxygens (including phenoxy) is 1. The van der Waals surface area contributed by atoms with Crippen LogP contribution in [0.1, 0.15) is 24.8 Å². The molecule has 0 radical (unpaired) electrons. The van der Waals surface area contributed by atoms with Gasteiger partial charge in [-0.05, 0) is 19.8 Å². The predicted octanol–water partition coefficient (Wildman–Crippen LogP) is 1.62. The Balaban J connectivity index is 1.98. The summed E-state index contributed by atoms with van der Waals surface area (Å²) in [4.78, 5) is 4.16. The minimum absolute atomic E-state index is 0.355. The van der Waals surface area contributed by atoms with Gasteiger partial charge in [-0.1, -0.05) is 0 Å². The van der Waals surface area contributed by atoms with Gasteiger partial charge in [-0.3, -0.25) is 0 Å². The van der Waals surface area contributed by atoms with Crippen molar-refractivity contribution in [1.82, 2.24) is 4.98 Å². The van der Waals surface area contributed by atoms with Crippen LogP contribution in [-0.4, -0.2) is 28.4 Å². The zero-order valence-corrected chi connectivity index (χ0v) is 9.09. The lowest BCUT2D eigenvalue weighted by molar-refractivity contribution is -0.0768. The second-order valence-electron chi connectivity index (χ2n) is 3.91. The topological polar surface area (TPSA) is 42.4 Å². The SMILES string of the molecule is CC1(C(O)Cc2nccs2)CCCO1. The minimum Gasteiger partial charge on any atom is -0.390 e. The Morgan fingerprint density at radius 3 is 3.21 bits per heavy atom. The maximum Gasteiger partial charge on any atom is 0.0951 e. The zero-order chi connectivity index (χ0) is 10.0. The maximum atomic E-state index is 10.0. The Kier molecular flexibility index (Phi) is 2.85. The summed E-state index contributed by atoms with van der Waals surface area (Å²) in [5.41, 5.74) is -0.355. The van der Waals surface area contributed by atoms with E-state index in [1.807, 2.05) is 12.3 Å². The van der Waals surface area contributed by atoms with Crippen LogP contribution in [0.2, 0.25) is 0 Å². The monoisotopic (exact) mass is 213 g/mol. The van der Waals surface area contributed by atoms with E-state index in [4.69, 9.17) is 4.74 Å². The summed E-state index contributed by atoms with van der Waals surface area (Å²) in [5, 5.41) is 12.9. The molecule has 1 aliphatic heterocycles. The molecule has 0 saturated carbocycles. The van der Waals surface area contributed by atoms with Crippen LogP contribution in [0.15, 0.2) is 11.6 Å². The van der Waals surface area contributed by atoms with E-state index < -0.39 is 6.10 Å². The Hall–Kier alpha value is -0.450. The first-order valence-electron chi connectivity index (χ1n) is 4.91. The molecular formula is C10H15NO2S. The average molecular weight is 213 g/mol. The van der Waals surface area contributed by atoms with E-state index in [0.29, 0.717) is 6.42 Å². The van der Waals surface area contributed by atoms with Crippen LogP contribution in [0.5, 0.6) is 0 Å². The third-order valence-corrected chi connectivity index (χ3v) is 3.61. The van der Waals surface area contributed by atoms with E-state index in [9.17, 15) is 5.11 Å². The number of aliphatic hydroxyl groups is 1. The Morgan fingerprint density at radius 2 is 2.64 bits per heavy atom. The molecule has 1 aliphatic rings. The highest BCUT2D eigenvalue weighted by Crippen LogP contribution is 2.30. The smallest absolute Gasteiger partial charge is 0.0951 e. The van der Waals surface area contributed by atoms with Crippen molar-refractivity contribution >= 4 is 11.3 Å². The molecule has 2 atom stereocenters. The van der Waals surface area contributed by atoms with Crippen LogP contribution in [0, 0.1) is 0 Å². The van der Waals surface area contributed by atoms with Crippen LogP contribution in [0.25, 0.3) is 0 Å². The molecule has 2 heterocycles. The molecule has 0 aliphatic carbocycles. The van der Waals surface area contributed by atoms with Gasteiger partial charge in [0.1, 0.15) is 0 Å². The standard InChI is InChI=1S/C10H15NO2S/c1-10(3-2-5-13-10)8(12)7-9-11-4-6-14-9/h4,6,8,12H,2-3,5,7H2,1H3. The van der Waals surface area contributed by atoms with Crippen molar-refractivity contribution in [2.45, 2.75) is 37.9 Å². The number of rotatable bonds is 3. The number of aliphatic hydroxyl groups excluding tert-OH is 1. The largest absolute Gasteiger partial charge is 0.390 e. The molecule has 0 bridgehead atoms. The van der Waals surface area contributed by atoms with Crippen molar-refractivity contribution in [2.75, 3.05) is 6.61 Å². The molecular weight excluding hydrogens is 198 g/mol. The number of thiazole rings is 1. The number of aromatic nitrogens is 1. The van der Waals surface area contributed by atoms with E-state index in [1.165, 1.54) is 0 Å². The van der Waals surface area contributed by atoms with Gasteiger partial charge < -0.3 is 9.84 Å². The van der Waals surface area contributed by atoms with Gasteiger partial charge in [0, 0.05) is 24.6 Å². The summed E-state index contributed by atoms with van der Waals surface area (Å²) >= 11 is 1.58. The van der Waals surface area contributed by atoms with Crippen molar-refractivity contribution in [1.29, 1.82) is 0 Å². The second-order valence-corrected chi connectivity index (χ2v) is 4.89. The molecule has 4 heteroatoms. The zero-order valence-electron chi connectivity index (χ0n) is 8.27. The van der Waals surface area contributed by atoms with E-state index in [0.717, 1.165) is 24.5 Å². The first kappa shape index (κ1) is 10.1. The van der Waals surface area contributed by atoms with Crippen LogP contribution in [-0.2, 0) is 11.2 Å². The molecule has 0 spiro atoms. The van der Waals surface area contributed by atoms with Crippen LogP contribution < -0.4 is 0 Å². The first-order valence-corrected chi connectivity index (χ1v) is 5.79.